The number of benzene rings is 1. The van der Waals surface area contributed by atoms with Crippen LogP contribution in [0.25, 0.3) is 0 Å². The molecule has 3 amide bonds. The number of para-hydroxylation sites is 1. The molecule has 1 aromatic heterocycles. The average molecular weight is 511 g/mol. The molecule has 3 rings (SSSR count). The van der Waals surface area contributed by atoms with E-state index in [1.165, 1.54) is 17.0 Å². The number of anilines is 1. The number of aliphatic hydroxyl groups is 1. The maximum Gasteiger partial charge on any atom is 0.321 e. The van der Waals surface area contributed by atoms with Gasteiger partial charge in [-0.25, -0.2) is 14.2 Å². The van der Waals surface area contributed by atoms with Gasteiger partial charge in [-0.05, 0) is 31.0 Å². The molecule has 198 valence electrons. The van der Waals surface area contributed by atoms with Crippen molar-refractivity contribution in [2.45, 2.75) is 46.3 Å². The number of fused-ring (bicyclic) bond motifs is 1. The highest BCUT2D eigenvalue weighted by Gasteiger charge is 2.34. The van der Waals surface area contributed by atoms with Crippen LogP contribution in [0.4, 0.5) is 14.9 Å². The van der Waals surface area contributed by atoms with E-state index in [4.69, 9.17) is 4.74 Å². The molecule has 1 aliphatic heterocycles. The fraction of sp³-hybridized carbons (Fsp3) is 0.464. The molecule has 2 N–H and O–H groups in total. The zero-order valence-corrected chi connectivity index (χ0v) is 22.0. The molecule has 1 aromatic carbocycles. The number of nitrogens with zero attached hydrogens (tertiary/aromatic N) is 3. The van der Waals surface area contributed by atoms with Gasteiger partial charge in [0.05, 0.1) is 24.9 Å². The number of pyridine rings is 1. The number of halogens is 1. The molecule has 0 bridgehead atoms. The van der Waals surface area contributed by atoms with Gasteiger partial charge in [0.15, 0.2) is 0 Å². The first-order chi connectivity index (χ1) is 17.6. The Balaban J connectivity index is 1.88. The maximum atomic E-state index is 14.0. The third-order valence-corrected chi connectivity index (χ3v) is 6.18. The lowest BCUT2D eigenvalue weighted by Gasteiger charge is -2.37. The number of urea groups is 1. The number of likely N-dealkylation sites (N-methyl/N-ethyl adjacent to an activating group) is 1. The predicted octanol–water partition coefficient (Wildman–Crippen LogP) is 4.00. The zero-order valence-electron chi connectivity index (χ0n) is 22.0. The average Bonchev–Trinajstić information content (AvgIpc) is 2.87. The van der Waals surface area contributed by atoms with Crippen LogP contribution in [-0.2, 0) is 0 Å². The smallest absolute Gasteiger partial charge is 0.321 e. The summed E-state index contributed by atoms with van der Waals surface area (Å²) in [5, 5.41) is 12.4. The Morgan fingerprint density at radius 3 is 2.76 bits per heavy atom. The van der Waals surface area contributed by atoms with Gasteiger partial charge in [-0.1, -0.05) is 44.7 Å². The molecule has 0 fully saturated rings. The van der Waals surface area contributed by atoms with E-state index in [0.29, 0.717) is 18.0 Å². The molecular weight excluding hydrogens is 475 g/mol. The van der Waals surface area contributed by atoms with Crippen molar-refractivity contribution in [1.82, 2.24) is 14.8 Å². The standard InChI is InChI=1S/C28H35FN4O4/c1-18(2)9-8-10-21-13-22-26(30-14-21)37-25(19(3)15-33(27(22)35)20(4)17-34)16-32(5)28(36)31-24-12-7-6-11-23(24)29/h6-7,11-14,18-20,25,34H,9,15-17H2,1-5H3,(H,31,36)/t19-,20+,25+/m0/s1. The fourth-order valence-corrected chi connectivity index (χ4v) is 3.87. The second-order valence-electron chi connectivity index (χ2n) is 9.89. The lowest BCUT2D eigenvalue weighted by Crippen LogP contribution is -2.50. The molecule has 9 heteroatoms. The first-order valence-electron chi connectivity index (χ1n) is 12.4. The molecule has 0 radical (unpaired) electrons. The van der Waals surface area contributed by atoms with Crippen LogP contribution in [0.2, 0.25) is 0 Å². The summed E-state index contributed by atoms with van der Waals surface area (Å²) in [4.78, 5) is 33.7. The van der Waals surface area contributed by atoms with E-state index in [1.807, 2.05) is 6.92 Å². The highest BCUT2D eigenvalue weighted by Crippen LogP contribution is 2.27. The maximum absolute atomic E-state index is 14.0. The Morgan fingerprint density at radius 2 is 2.08 bits per heavy atom. The number of aromatic nitrogens is 1. The van der Waals surface area contributed by atoms with Gasteiger partial charge >= 0.3 is 6.03 Å². The van der Waals surface area contributed by atoms with Crippen molar-refractivity contribution in [2.75, 3.05) is 32.1 Å². The topological polar surface area (TPSA) is 95.0 Å². The molecule has 0 spiro atoms. The summed E-state index contributed by atoms with van der Waals surface area (Å²) in [7, 11) is 1.59. The Hall–Kier alpha value is -3.64. The van der Waals surface area contributed by atoms with Crippen molar-refractivity contribution < 1.29 is 23.8 Å². The first kappa shape index (κ1) is 27.9. The molecule has 8 nitrogen and oxygen atoms in total. The van der Waals surface area contributed by atoms with E-state index in [9.17, 15) is 19.1 Å². The van der Waals surface area contributed by atoms with Crippen LogP contribution in [0.5, 0.6) is 5.88 Å². The quantitative estimate of drug-likeness (QED) is 0.573. The van der Waals surface area contributed by atoms with Crippen LogP contribution in [0.1, 0.15) is 50.0 Å². The minimum absolute atomic E-state index is 0.0812. The van der Waals surface area contributed by atoms with E-state index in [2.05, 4.69) is 36.0 Å². The highest BCUT2D eigenvalue weighted by molar-refractivity contribution is 5.97. The van der Waals surface area contributed by atoms with Gasteiger partial charge in [0, 0.05) is 37.7 Å². The Labute approximate surface area is 217 Å². The second kappa shape index (κ2) is 12.5. The second-order valence-corrected chi connectivity index (χ2v) is 9.89. The normalized spacial score (nSPS) is 18.1. The molecule has 37 heavy (non-hydrogen) atoms. The summed E-state index contributed by atoms with van der Waals surface area (Å²) in [6.45, 7) is 8.10. The van der Waals surface area contributed by atoms with Crippen LogP contribution < -0.4 is 10.1 Å². The van der Waals surface area contributed by atoms with E-state index in [-0.39, 0.29) is 42.1 Å². The number of hydrogen-bond acceptors (Lipinski definition) is 5. The summed E-state index contributed by atoms with van der Waals surface area (Å²) in [6, 6.07) is 6.67. The van der Waals surface area contributed by atoms with Crippen molar-refractivity contribution >= 4 is 17.6 Å². The molecule has 1 aliphatic rings. The molecular formula is C28H35FN4O4. The molecule has 2 heterocycles. The number of aliphatic hydroxyl groups excluding tert-OH is 1. The first-order valence-corrected chi connectivity index (χ1v) is 12.4. The van der Waals surface area contributed by atoms with Crippen molar-refractivity contribution in [1.29, 1.82) is 0 Å². The summed E-state index contributed by atoms with van der Waals surface area (Å²) < 4.78 is 20.2. The molecule has 0 unspecified atom stereocenters. The summed E-state index contributed by atoms with van der Waals surface area (Å²) in [5.41, 5.74) is 0.934. The van der Waals surface area contributed by atoms with Gasteiger partial charge in [0.2, 0.25) is 5.88 Å². The Bertz CT molecular complexity index is 1180. The number of carbonyl (C=O) groups is 2. The molecule has 0 aliphatic carbocycles. The van der Waals surface area contributed by atoms with E-state index < -0.39 is 24.0 Å². The predicted molar refractivity (Wildman–Crippen MR) is 140 cm³/mol. The van der Waals surface area contributed by atoms with Crippen LogP contribution in [0.15, 0.2) is 36.5 Å². The van der Waals surface area contributed by atoms with E-state index in [0.717, 1.165) is 6.42 Å². The number of ether oxygens (including phenoxy) is 1. The van der Waals surface area contributed by atoms with Crippen molar-refractivity contribution in [3.63, 3.8) is 0 Å². The van der Waals surface area contributed by atoms with Crippen LogP contribution in [0.3, 0.4) is 0 Å². The zero-order chi connectivity index (χ0) is 27.1. The fourth-order valence-electron chi connectivity index (χ4n) is 3.87. The van der Waals surface area contributed by atoms with Crippen LogP contribution >= 0.6 is 0 Å². The van der Waals surface area contributed by atoms with Gasteiger partial charge in [-0.15, -0.1) is 0 Å². The number of amides is 3. The monoisotopic (exact) mass is 510 g/mol. The van der Waals surface area contributed by atoms with E-state index >= 15 is 0 Å². The largest absolute Gasteiger partial charge is 0.472 e. The van der Waals surface area contributed by atoms with Gasteiger partial charge in [0.25, 0.3) is 5.91 Å². The summed E-state index contributed by atoms with van der Waals surface area (Å²) in [5.74, 6) is 5.69. The van der Waals surface area contributed by atoms with Crippen molar-refractivity contribution in [2.24, 2.45) is 11.8 Å². The number of rotatable bonds is 6. The summed E-state index contributed by atoms with van der Waals surface area (Å²) >= 11 is 0. The minimum Gasteiger partial charge on any atom is -0.472 e. The van der Waals surface area contributed by atoms with Gasteiger partial charge in [-0.2, -0.15) is 0 Å². The third-order valence-electron chi connectivity index (χ3n) is 6.18. The Morgan fingerprint density at radius 1 is 1.35 bits per heavy atom. The van der Waals surface area contributed by atoms with Gasteiger partial charge in [-0.3, -0.25) is 4.79 Å². The van der Waals surface area contributed by atoms with Crippen LogP contribution in [0, 0.1) is 29.5 Å². The number of hydrogen-bond donors (Lipinski definition) is 2. The number of carbonyl (C=O) groups excluding carboxylic acids is 2. The van der Waals surface area contributed by atoms with Gasteiger partial charge in [0.1, 0.15) is 17.5 Å². The Kier molecular flexibility index (Phi) is 9.48. The summed E-state index contributed by atoms with van der Waals surface area (Å²) in [6.07, 6.45) is 1.76. The minimum atomic E-state index is -0.530. The van der Waals surface area contributed by atoms with Crippen LogP contribution in [-0.4, -0.2) is 70.7 Å². The third kappa shape index (κ3) is 7.20. The SMILES string of the molecule is CC(C)CC#Cc1cnc2c(c1)C(=O)N([C@H](C)CO)C[C@H](C)[C@@H](CN(C)C(=O)Nc1ccccc1F)O2. The lowest BCUT2D eigenvalue weighted by molar-refractivity contribution is 0.0356. The molecule has 0 saturated carbocycles. The van der Waals surface area contributed by atoms with Gasteiger partial charge < -0.3 is 25.0 Å². The van der Waals surface area contributed by atoms with Crippen molar-refractivity contribution in [3.05, 3.63) is 53.5 Å². The van der Waals surface area contributed by atoms with E-state index in [1.54, 1.807) is 43.3 Å². The van der Waals surface area contributed by atoms with Crippen molar-refractivity contribution in [3.8, 4) is 17.7 Å². The number of nitrogens with one attached hydrogen (secondary N) is 1. The lowest BCUT2D eigenvalue weighted by atomic mass is 10.00. The molecule has 2 aromatic rings. The molecule has 0 saturated heterocycles. The highest BCUT2D eigenvalue weighted by atomic mass is 19.1. The molecule has 3 atom stereocenters.